The third-order valence-corrected chi connectivity index (χ3v) is 4.85. The van der Waals surface area contributed by atoms with Crippen LogP contribution in [0.4, 0.5) is 5.69 Å². The van der Waals surface area contributed by atoms with Gasteiger partial charge in [0.05, 0.1) is 18.2 Å². The number of hydrogen-bond donors (Lipinski definition) is 0. The zero-order chi connectivity index (χ0) is 19.4. The molecule has 0 aromatic heterocycles. The molecule has 3 rings (SSSR count). The highest BCUT2D eigenvalue weighted by Crippen LogP contribution is 2.33. The molecule has 1 heterocycles. The van der Waals surface area contributed by atoms with Gasteiger partial charge in [-0.05, 0) is 36.8 Å². The normalized spacial score (nSPS) is 16.5. The summed E-state index contributed by atoms with van der Waals surface area (Å²) in [5, 5.41) is 0.642. The molecule has 1 aliphatic heterocycles. The Morgan fingerprint density at radius 3 is 2.78 bits per heavy atom. The topological polar surface area (TPSA) is 49.9 Å². The molecule has 2 aromatic rings. The van der Waals surface area contributed by atoms with Crippen LogP contribution in [0, 0.1) is 5.92 Å². The van der Waals surface area contributed by atoms with E-state index in [2.05, 4.69) is 0 Å². The number of hydrogen-bond acceptors (Lipinski definition) is 3. The molecule has 0 bridgehead atoms. The van der Waals surface area contributed by atoms with E-state index in [1.165, 1.54) is 0 Å². The molecule has 6 heteroatoms. The number of ether oxygens (including phenoxy) is 1. The van der Waals surface area contributed by atoms with Gasteiger partial charge >= 0.3 is 0 Å². The Hall–Kier alpha value is -2.53. The summed E-state index contributed by atoms with van der Waals surface area (Å²) in [5.74, 6) is 0.196. The van der Waals surface area contributed by atoms with Crippen molar-refractivity contribution in [3.63, 3.8) is 0 Å². The van der Waals surface area contributed by atoms with Crippen LogP contribution >= 0.6 is 11.6 Å². The van der Waals surface area contributed by atoms with E-state index in [1.807, 2.05) is 49.4 Å². The first-order chi connectivity index (χ1) is 13.0. The fraction of sp³-hybridized carbons (Fsp3) is 0.333. The number of rotatable bonds is 6. The van der Waals surface area contributed by atoms with Gasteiger partial charge in [0.2, 0.25) is 11.8 Å². The molecule has 27 heavy (non-hydrogen) atoms. The Morgan fingerprint density at radius 2 is 2.04 bits per heavy atom. The average molecular weight is 387 g/mol. The minimum absolute atomic E-state index is 0.0419. The number of anilines is 1. The molecule has 1 unspecified atom stereocenters. The van der Waals surface area contributed by atoms with Crippen molar-refractivity contribution in [2.24, 2.45) is 5.92 Å². The van der Waals surface area contributed by atoms with E-state index in [4.69, 9.17) is 16.3 Å². The lowest BCUT2D eigenvalue weighted by molar-refractivity contribution is -0.135. The van der Waals surface area contributed by atoms with Crippen LogP contribution in [0.15, 0.2) is 48.5 Å². The maximum atomic E-state index is 12.9. The Bertz CT molecular complexity index is 840. The first-order valence-electron chi connectivity index (χ1n) is 9.01. The molecule has 2 aromatic carbocycles. The molecule has 142 valence electrons. The van der Waals surface area contributed by atoms with Crippen molar-refractivity contribution in [1.29, 1.82) is 0 Å². The largest absolute Gasteiger partial charge is 0.492 e. The standard InChI is InChI=1S/C21H23ClN2O3/c1-3-27-19-10-5-4-9-18(19)24-14-16(12-20(24)25)21(26)23(2)13-15-7-6-8-17(22)11-15/h4-11,16H,3,12-14H2,1-2H3. The highest BCUT2D eigenvalue weighted by atomic mass is 35.5. The van der Waals surface area contributed by atoms with E-state index < -0.39 is 0 Å². The van der Waals surface area contributed by atoms with Crippen molar-refractivity contribution in [3.8, 4) is 5.75 Å². The minimum atomic E-state index is -0.364. The summed E-state index contributed by atoms with van der Waals surface area (Å²) in [5.41, 5.74) is 1.68. The fourth-order valence-electron chi connectivity index (χ4n) is 3.36. The van der Waals surface area contributed by atoms with E-state index >= 15 is 0 Å². The van der Waals surface area contributed by atoms with E-state index in [0.717, 1.165) is 11.3 Å². The van der Waals surface area contributed by atoms with Gasteiger partial charge in [-0.15, -0.1) is 0 Å². The van der Waals surface area contributed by atoms with Crippen LogP contribution in [0.1, 0.15) is 18.9 Å². The lowest BCUT2D eigenvalue weighted by Crippen LogP contribution is -2.34. The molecule has 0 N–H and O–H groups in total. The van der Waals surface area contributed by atoms with Gasteiger partial charge in [-0.3, -0.25) is 9.59 Å². The highest BCUT2D eigenvalue weighted by Gasteiger charge is 2.37. The quantitative estimate of drug-likeness (QED) is 0.759. The van der Waals surface area contributed by atoms with Crippen LogP contribution in [0.2, 0.25) is 5.02 Å². The number of halogens is 1. The van der Waals surface area contributed by atoms with Gasteiger partial charge in [-0.2, -0.15) is 0 Å². The summed E-state index contributed by atoms with van der Waals surface area (Å²) in [4.78, 5) is 28.7. The van der Waals surface area contributed by atoms with Gasteiger partial charge in [0.15, 0.2) is 0 Å². The summed E-state index contributed by atoms with van der Waals surface area (Å²) in [6.45, 7) is 3.24. The third kappa shape index (κ3) is 4.42. The summed E-state index contributed by atoms with van der Waals surface area (Å²) >= 11 is 6.01. The molecular weight excluding hydrogens is 364 g/mol. The number of benzene rings is 2. The average Bonchev–Trinajstić information content (AvgIpc) is 3.03. The summed E-state index contributed by atoms with van der Waals surface area (Å²) in [6, 6.07) is 14.9. The van der Waals surface area contributed by atoms with Crippen molar-refractivity contribution >= 4 is 29.1 Å². The number of nitrogens with zero attached hydrogens (tertiary/aromatic N) is 2. The summed E-state index contributed by atoms with van der Waals surface area (Å²) < 4.78 is 5.63. The van der Waals surface area contributed by atoms with Gasteiger partial charge in [0.1, 0.15) is 5.75 Å². The van der Waals surface area contributed by atoms with Crippen LogP contribution < -0.4 is 9.64 Å². The Morgan fingerprint density at radius 1 is 1.26 bits per heavy atom. The van der Waals surface area contributed by atoms with Crippen molar-refractivity contribution in [3.05, 3.63) is 59.1 Å². The SMILES string of the molecule is CCOc1ccccc1N1CC(C(=O)N(C)Cc2cccc(Cl)c2)CC1=O. The van der Waals surface area contributed by atoms with Gasteiger partial charge in [0, 0.05) is 31.6 Å². The number of carbonyl (C=O) groups excluding carboxylic acids is 2. The second-order valence-electron chi connectivity index (χ2n) is 6.63. The first kappa shape index (κ1) is 19.2. The van der Waals surface area contributed by atoms with Gasteiger partial charge in [-0.25, -0.2) is 0 Å². The molecule has 0 aliphatic carbocycles. The van der Waals surface area contributed by atoms with Crippen LogP contribution in [-0.2, 0) is 16.1 Å². The van der Waals surface area contributed by atoms with E-state index in [9.17, 15) is 9.59 Å². The number of para-hydroxylation sites is 2. The zero-order valence-electron chi connectivity index (χ0n) is 15.5. The first-order valence-corrected chi connectivity index (χ1v) is 9.39. The Kier molecular flexibility index (Phi) is 6.01. The molecule has 0 saturated carbocycles. The maximum Gasteiger partial charge on any atom is 0.228 e. The van der Waals surface area contributed by atoms with Crippen molar-refractivity contribution < 1.29 is 14.3 Å². The van der Waals surface area contributed by atoms with Crippen molar-refractivity contribution in [2.45, 2.75) is 19.9 Å². The predicted octanol–water partition coefficient (Wildman–Crippen LogP) is 3.75. The molecule has 2 amide bonds. The smallest absolute Gasteiger partial charge is 0.228 e. The van der Waals surface area contributed by atoms with Crippen molar-refractivity contribution in [2.75, 3.05) is 25.1 Å². The van der Waals surface area contributed by atoms with E-state index in [1.54, 1.807) is 22.9 Å². The molecule has 1 aliphatic rings. The van der Waals surface area contributed by atoms with Crippen LogP contribution in [0.5, 0.6) is 5.75 Å². The highest BCUT2D eigenvalue weighted by molar-refractivity contribution is 6.30. The molecule has 1 saturated heterocycles. The Labute approximate surface area is 164 Å². The summed E-state index contributed by atoms with van der Waals surface area (Å²) in [6.07, 6.45) is 0.208. The molecule has 1 atom stereocenters. The monoisotopic (exact) mass is 386 g/mol. The second kappa shape index (κ2) is 8.44. The van der Waals surface area contributed by atoms with Crippen LogP contribution in [0.25, 0.3) is 0 Å². The molecule has 1 fully saturated rings. The number of amides is 2. The second-order valence-corrected chi connectivity index (χ2v) is 7.07. The van der Waals surface area contributed by atoms with E-state index in [-0.39, 0.29) is 24.2 Å². The van der Waals surface area contributed by atoms with Crippen molar-refractivity contribution in [1.82, 2.24) is 4.90 Å². The minimum Gasteiger partial charge on any atom is -0.492 e. The molecular formula is C21H23ClN2O3. The van der Waals surface area contributed by atoms with Gasteiger partial charge in [-0.1, -0.05) is 35.9 Å². The third-order valence-electron chi connectivity index (χ3n) is 4.62. The maximum absolute atomic E-state index is 12.9. The number of carbonyl (C=O) groups is 2. The van der Waals surface area contributed by atoms with Gasteiger partial charge in [0.25, 0.3) is 0 Å². The predicted molar refractivity (Wildman–Crippen MR) is 106 cm³/mol. The Balaban J connectivity index is 1.70. The van der Waals surface area contributed by atoms with Crippen LogP contribution in [0.3, 0.4) is 0 Å². The molecule has 0 radical (unpaired) electrons. The molecule has 5 nitrogen and oxygen atoms in total. The lowest BCUT2D eigenvalue weighted by Gasteiger charge is -2.22. The zero-order valence-corrected chi connectivity index (χ0v) is 16.3. The van der Waals surface area contributed by atoms with E-state index in [0.29, 0.717) is 30.5 Å². The summed E-state index contributed by atoms with van der Waals surface area (Å²) in [7, 11) is 1.75. The van der Waals surface area contributed by atoms with Crippen LogP contribution in [-0.4, -0.2) is 36.9 Å². The lowest BCUT2D eigenvalue weighted by atomic mass is 10.1. The van der Waals surface area contributed by atoms with Gasteiger partial charge < -0.3 is 14.5 Å². The fourth-order valence-corrected chi connectivity index (χ4v) is 3.58. The molecule has 0 spiro atoms.